The van der Waals surface area contributed by atoms with Gasteiger partial charge in [-0.15, -0.1) is 0 Å². The number of nitrogens with one attached hydrogen (secondary N) is 1. The minimum Gasteiger partial charge on any atom is -0.377 e. The van der Waals surface area contributed by atoms with E-state index in [0.29, 0.717) is 30.4 Å². The summed E-state index contributed by atoms with van der Waals surface area (Å²) in [4.78, 5) is 0. The van der Waals surface area contributed by atoms with E-state index in [-0.39, 0.29) is 0 Å². The zero-order valence-corrected chi connectivity index (χ0v) is 9.32. The maximum Gasteiger partial charge on any atom is 0.0704 e. The van der Waals surface area contributed by atoms with Gasteiger partial charge in [0, 0.05) is 18.7 Å². The predicted molar refractivity (Wildman–Crippen MR) is 55.4 cm³/mol. The molecule has 14 heavy (non-hydrogen) atoms. The lowest BCUT2D eigenvalue weighted by Crippen LogP contribution is -2.45. The van der Waals surface area contributed by atoms with Crippen LogP contribution in [0.25, 0.3) is 0 Å². The summed E-state index contributed by atoms with van der Waals surface area (Å²) >= 11 is 0. The molecule has 2 heterocycles. The topological polar surface area (TPSA) is 30.5 Å². The Bertz CT molecular complexity index is 198. The van der Waals surface area contributed by atoms with Crippen molar-refractivity contribution in [1.29, 1.82) is 0 Å². The van der Waals surface area contributed by atoms with Crippen molar-refractivity contribution in [3.63, 3.8) is 0 Å². The summed E-state index contributed by atoms with van der Waals surface area (Å²) in [6.45, 7) is 7.35. The second-order valence-corrected chi connectivity index (χ2v) is 4.63. The lowest BCUT2D eigenvalue weighted by Gasteiger charge is -2.23. The molecule has 0 aliphatic carbocycles. The normalized spacial score (nSPS) is 48.6. The molecule has 0 spiro atoms. The highest BCUT2D eigenvalue weighted by Gasteiger charge is 2.33. The third-order valence-corrected chi connectivity index (χ3v) is 3.40. The lowest BCUT2D eigenvalue weighted by atomic mass is 10.1. The zero-order valence-electron chi connectivity index (χ0n) is 9.32. The fourth-order valence-electron chi connectivity index (χ4n) is 2.50. The van der Waals surface area contributed by atoms with E-state index in [0.717, 1.165) is 19.4 Å². The van der Waals surface area contributed by atoms with E-state index in [1.165, 1.54) is 0 Å². The van der Waals surface area contributed by atoms with Gasteiger partial charge in [0.1, 0.15) is 0 Å². The number of hydrogen-bond acceptors (Lipinski definition) is 3. The van der Waals surface area contributed by atoms with Gasteiger partial charge in [0.15, 0.2) is 0 Å². The standard InChI is InChI=1S/C11H21NO2/c1-7-6-11(9(3)14-7)12-10-4-5-13-8(10)2/h7-12H,4-6H2,1-3H3. The van der Waals surface area contributed by atoms with Crippen molar-refractivity contribution in [3.8, 4) is 0 Å². The van der Waals surface area contributed by atoms with Crippen molar-refractivity contribution in [3.05, 3.63) is 0 Å². The Kier molecular flexibility index (Phi) is 3.10. The first kappa shape index (κ1) is 10.4. The highest BCUT2D eigenvalue weighted by Crippen LogP contribution is 2.22. The van der Waals surface area contributed by atoms with E-state index >= 15 is 0 Å². The molecule has 5 unspecified atom stereocenters. The van der Waals surface area contributed by atoms with Crippen molar-refractivity contribution < 1.29 is 9.47 Å². The summed E-state index contributed by atoms with van der Waals surface area (Å²) in [6.07, 6.45) is 3.37. The zero-order chi connectivity index (χ0) is 10.1. The van der Waals surface area contributed by atoms with Gasteiger partial charge in [-0.3, -0.25) is 0 Å². The van der Waals surface area contributed by atoms with Gasteiger partial charge in [-0.2, -0.15) is 0 Å². The third kappa shape index (κ3) is 2.10. The average Bonchev–Trinajstić information content (AvgIpc) is 2.62. The first-order chi connectivity index (χ1) is 6.66. The van der Waals surface area contributed by atoms with Crippen LogP contribution in [0.1, 0.15) is 33.6 Å². The van der Waals surface area contributed by atoms with Crippen molar-refractivity contribution in [2.45, 2.75) is 64.0 Å². The molecule has 2 aliphatic rings. The second kappa shape index (κ2) is 4.17. The van der Waals surface area contributed by atoms with Crippen molar-refractivity contribution in [2.75, 3.05) is 6.61 Å². The predicted octanol–water partition coefficient (Wildman–Crippen LogP) is 1.32. The van der Waals surface area contributed by atoms with Crippen LogP contribution in [0.3, 0.4) is 0 Å². The van der Waals surface area contributed by atoms with E-state index < -0.39 is 0 Å². The SMILES string of the molecule is CC1CC(NC2CCOC2C)C(C)O1. The summed E-state index contributed by atoms with van der Waals surface area (Å²) in [7, 11) is 0. The molecule has 1 N–H and O–H groups in total. The first-order valence-electron chi connectivity index (χ1n) is 5.70. The van der Waals surface area contributed by atoms with Crippen LogP contribution < -0.4 is 5.32 Å². The maximum absolute atomic E-state index is 5.72. The molecular formula is C11H21NO2. The largest absolute Gasteiger partial charge is 0.377 e. The lowest BCUT2D eigenvalue weighted by molar-refractivity contribution is 0.0570. The van der Waals surface area contributed by atoms with E-state index in [2.05, 4.69) is 26.1 Å². The maximum atomic E-state index is 5.72. The van der Waals surface area contributed by atoms with Crippen LogP contribution >= 0.6 is 0 Å². The number of hydrogen-bond donors (Lipinski definition) is 1. The summed E-state index contributed by atoms with van der Waals surface area (Å²) in [6, 6.07) is 1.04. The molecule has 2 saturated heterocycles. The van der Waals surface area contributed by atoms with E-state index in [4.69, 9.17) is 9.47 Å². The average molecular weight is 199 g/mol. The Labute approximate surface area is 86.2 Å². The summed E-state index contributed by atoms with van der Waals surface area (Å²) < 4.78 is 11.3. The minimum absolute atomic E-state index is 0.345. The smallest absolute Gasteiger partial charge is 0.0704 e. The number of rotatable bonds is 2. The quantitative estimate of drug-likeness (QED) is 0.727. The van der Waals surface area contributed by atoms with Crippen LogP contribution in [0.2, 0.25) is 0 Å². The van der Waals surface area contributed by atoms with Gasteiger partial charge in [0.25, 0.3) is 0 Å². The van der Waals surface area contributed by atoms with Gasteiger partial charge < -0.3 is 14.8 Å². The first-order valence-corrected chi connectivity index (χ1v) is 5.70. The van der Waals surface area contributed by atoms with Gasteiger partial charge in [-0.1, -0.05) is 0 Å². The molecule has 0 radical (unpaired) electrons. The number of ether oxygens (including phenoxy) is 2. The Morgan fingerprint density at radius 3 is 2.36 bits per heavy atom. The van der Waals surface area contributed by atoms with Gasteiger partial charge in [0.05, 0.1) is 18.3 Å². The van der Waals surface area contributed by atoms with Crippen LogP contribution in [0.15, 0.2) is 0 Å². The van der Waals surface area contributed by atoms with Crippen LogP contribution in [-0.4, -0.2) is 37.0 Å². The molecule has 3 nitrogen and oxygen atoms in total. The monoisotopic (exact) mass is 199 g/mol. The molecule has 2 aliphatic heterocycles. The molecule has 2 rings (SSSR count). The van der Waals surface area contributed by atoms with Crippen molar-refractivity contribution in [2.24, 2.45) is 0 Å². The Balaban J connectivity index is 1.85. The van der Waals surface area contributed by atoms with Gasteiger partial charge >= 0.3 is 0 Å². The molecule has 0 saturated carbocycles. The molecular weight excluding hydrogens is 178 g/mol. The second-order valence-electron chi connectivity index (χ2n) is 4.63. The molecule has 0 aromatic heterocycles. The summed E-state index contributed by atoms with van der Waals surface area (Å²) in [5, 5.41) is 3.66. The van der Waals surface area contributed by atoms with Crippen molar-refractivity contribution >= 4 is 0 Å². The van der Waals surface area contributed by atoms with Crippen LogP contribution in [0.4, 0.5) is 0 Å². The molecule has 3 heteroatoms. The molecule has 0 amide bonds. The molecule has 82 valence electrons. The Morgan fingerprint density at radius 1 is 1.07 bits per heavy atom. The van der Waals surface area contributed by atoms with Gasteiger partial charge in [-0.05, 0) is 33.6 Å². The van der Waals surface area contributed by atoms with Crippen LogP contribution in [0.5, 0.6) is 0 Å². The minimum atomic E-state index is 0.345. The van der Waals surface area contributed by atoms with Crippen molar-refractivity contribution in [1.82, 2.24) is 5.32 Å². The molecule has 0 aromatic carbocycles. The van der Waals surface area contributed by atoms with Crippen LogP contribution in [0, 0.1) is 0 Å². The third-order valence-electron chi connectivity index (χ3n) is 3.40. The fraction of sp³-hybridized carbons (Fsp3) is 1.00. The van der Waals surface area contributed by atoms with E-state index in [1.54, 1.807) is 0 Å². The highest BCUT2D eigenvalue weighted by molar-refractivity contribution is 4.89. The Morgan fingerprint density at radius 2 is 1.86 bits per heavy atom. The Hall–Kier alpha value is -0.120. The van der Waals surface area contributed by atoms with Gasteiger partial charge in [-0.25, -0.2) is 0 Å². The fourth-order valence-corrected chi connectivity index (χ4v) is 2.50. The summed E-state index contributed by atoms with van der Waals surface area (Å²) in [5.41, 5.74) is 0. The van der Waals surface area contributed by atoms with E-state index in [9.17, 15) is 0 Å². The molecule has 0 bridgehead atoms. The van der Waals surface area contributed by atoms with Gasteiger partial charge in [0.2, 0.25) is 0 Å². The summed E-state index contributed by atoms with van der Waals surface area (Å²) in [5.74, 6) is 0. The highest BCUT2D eigenvalue weighted by atomic mass is 16.5. The molecule has 0 aromatic rings. The van der Waals surface area contributed by atoms with Crippen LogP contribution in [-0.2, 0) is 9.47 Å². The molecule has 5 atom stereocenters. The molecule has 2 fully saturated rings. The van der Waals surface area contributed by atoms with E-state index in [1.807, 2.05) is 0 Å².